The van der Waals surface area contributed by atoms with Crippen LogP contribution >= 0.6 is 0 Å². The molecule has 3 aromatic rings. The molecule has 0 saturated carbocycles. The monoisotopic (exact) mass is 387 g/mol. The third-order valence-corrected chi connectivity index (χ3v) is 5.47. The lowest BCUT2D eigenvalue weighted by atomic mass is 10.2. The first-order valence-electron chi connectivity index (χ1n) is 7.95. The maximum atomic E-state index is 12.2. The number of sulfonamides is 1. The fraction of sp³-hybridized carbons (Fsp3) is 0.167. The highest BCUT2D eigenvalue weighted by molar-refractivity contribution is 7.89. The smallest absolute Gasteiger partial charge is 0.338 e. The van der Waals surface area contributed by atoms with Crippen molar-refractivity contribution in [2.24, 2.45) is 0 Å². The van der Waals surface area contributed by atoms with Crippen molar-refractivity contribution in [2.75, 3.05) is 14.1 Å². The summed E-state index contributed by atoms with van der Waals surface area (Å²) < 4.78 is 36.0. The standard InChI is InChI=1S/C18H17N3O5S/c1-21(2)27(23,24)15-10-6-9-14(11-15)18(22)25-12-16-19-20-17(26-16)13-7-4-3-5-8-13/h3-11H,12H2,1-2H3. The van der Waals surface area contributed by atoms with Gasteiger partial charge in [0.05, 0.1) is 10.5 Å². The summed E-state index contributed by atoms with van der Waals surface area (Å²) in [5.74, 6) is -0.231. The molecule has 0 radical (unpaired) electrons. The van der Waals surface area contributed by atoms with E-state index in [-0.39, 0.29) is 23.0 Å². The Hall–Kier alpha value is -3.04. The molecule has 0 unspecified atom stereocenters. The largest absolute Gasteiger partial charge is 0.452 e. The number of ether oxygens (including phenoxy) is 1. The van der Waals surface area contributed by atoms with Crippen LogP contribution in [0.4, 0.5) is 0 Å². The Kier molecular flexibility index (Phi) is 5.33. The van der Waals surface area contributed by atoms with Crippen molar-refractivity contribution in [3.63, 3.8) is 0 Å². The number of hydrogen-bond donors (Lipinski definition) is 0. The minimum Gasteiger partial charge on any atom is -0.452 e. The minimum absolute atomic E-state index is 0.00565. The zero-order chi connectivity index (χ0) is 19.4. The number of nitrogens with zero attached hydrogens (tertiary/aromatic N) is 3. The van der Waals surface area contributed by atoms with E-state index >= 15 is 0 Å². The highest BCUT2D eigenvalue weighted by Crippen LogP contribution is 2.18. The highest BCUT2D eigenvalue weighted by Gasteiger charge is 2.19. The van der Waals surface area contributed by atoms with E-state index in [1.807, 2.05) is 30.3 Å². The van der Waals surface area contributed by atoms with Gasteiger partial charge in [0.2, 0.25) is 15.9 Å². The molecule has 140 valence electrons. The summed E-state index contributed by atoms with van der Waals surface area (Å²) in [6, 6.07) is 14.8. The SMILES string of the molecule is CN(C)S(=O)(=O)c1cccc(C(=O)OCc2nnc(-c3ccccc3)o2)c1. The van der Waals surface area contributed by atoms with Crippen LogP contribution in [-0.2, 0) is 21.4 Å². The normalized spacial score (nSPS) is 11.5. The Balaban J connectivity index is 1.69. The second-order valence-electron chi connectivity index (χ2n) is 5.76. The summed E-state index contributed by atoms with van der Waals surface area (Å²) in [5.41, 5.74) is 0.866. The van der Waals surface area contributed by atoms with Crippen molar-refractivity contribution >= 4 is 16.0 Å². The Morgan fingerprint density at radius 3 is 2.52 bits per heavy atom. The van der Waals surface area contributed by atoms with Gasteiger partial charge >= 0.3 is 5.97 Å². The molecule has 27 heavy (non-hydrogen) atoms. The number of rotatable bonds is 6. The molecule has 9 heteroatoms. The van der Waals surface area contributed by atoms with Gasteiger partial charge < -0.3 is 9.15 Å². The van der Waals surface area contributed by atoms with Gasteiger partial charge in [-0.05, 0) is 30.3 Å². The predicted molar refractivity (Wildman–Crippen MR) is 96.2 cm³/mol. The van der Waals surface area contributed by atoms with E-state index in [1.165, 1.54) is 38.4 Å². The van der Waals surface area contributed by atoms with Crippen LogP contribution < -0.4 is 0 Å². The summed E-state index contributed by atoms with van der Waals surface area (Å²) in [6.45, 7) is -0.219. The number of benzene rings is 2. The van der Waals surface area contributed by atoms with E-state index in [0.717, 1.165) is 9.87 Å². The van der Waals surface area contributed by atoms with E-state index in [1.54, 1.807) is 0 Å². The molecule has 2 aromatic carbocycles. The summed E-state index contributed by atoms with van der Waals surface area (Å²) in [6.07, 6.45) is 0. The molecule has 0 aliphatic carbocycles. The first-order valence-corrected chi connectivity index (χ1v) is 9.39. The Bertz CT molecular complexity index is 1050. The number of hydrogen-bond acceptors (Lipinski definition) is 7. The van der Waals surface area contributed by atoms with Crippen LogP contribution in [0, 0.1) is 0 Å². The molecule has 0 saturated heterocycles. The third kappa shape index (κ3) is 4.21. The molecule has 8 nitrogen and oxygen atoms in total. The molecular formula is C18H17N3O5S. The average molecular weight is 387 g/mol. The predicted octanol–water partition coefficient (Wildman–Crippen LogP) is 2.34. The van der Waals surface area contributed by atoms with Gasteiger partial charge in [-0.25, -0.2) is 17.5 Å². The molecule has 3 rings (SSSR count). The highest BCUT2D eigenvalue weighted by atomic mass is 32.2. The summed E-state index contributed by atoms with van der Waals surface area (Å²) in [7, 11) is -0.809. The van der Waals surface area contributed by atoms with Crippen LogP contribution in [0.25, 0.3) is 11.5 Å². The van der Waals surface area contributed by atoms with Gasteiger partial charge in [-0.3, -0.25) is 0 Å². The van der Waals surface area contributed by atoms with E-state index in [9.17, 15) is 13.2 Å². The summed E-state index contributed by atoms with van der Waals surface area (Å²) in [4.78, 5) is 12.2. The first-order chi connectivity index (χ1) is 12.9. The topological polar surface area (TPSA) is 103 Å². The van der Waals surface area contributed by atoms with Crippen LogP contribution in [-0.4, -0.2) is 43.0 Å². The average Bonchev–Trinajstić information content (AvgIpc) is 3.16. The van der Waals surface area contributed by atoms with Crippen LogP contribution in [0.3, 0.4) is 0 Å². The molecule has 1 aromatic heterocycles. The van der Waals surface area contributed by atoms with Crippen molar-refractivity contribution < 1.29 is 22.4 Å². The van der Waals surface area contributed by atoms with Crippen molar-refractivity contribution in [2.45, 2.75) is 11.5 Å². The first kappa shape index (κ1) is 18.7. The Labute approximate surface area is 156 Å². The molecule has 0 atom stereocenters. The van der Waals surface area contributed by atoms with Crippen molar-refractivity contribution in [1.29, 1.82) is 0 Å². The lowest BCUT2D eigenvalue weighted by Crippen LogP contribution is -2.22. The van der Waals surface area contributed by atoms with Crippen LogP contribution in [0.15, 0.2) is 63.9 Å². The summed E-state index contributed by atoms with van der Waals surface area (Å²) in [5, 5.41) is 7.75. The van der Waals surface area contributed by atoms with Crippen LogP contribution in [0.1, 0.15) is 16.2 Å². The van der Waals surface area contributed by atoms with E-state index in [0.29, 0.717) is 5.89 Å². The fourth-order valence-electron chi connectivity index (χ4n) is 2.21. The Morgan fingerprint density at radius 1 is 1.07 bits per heavy atom. The van der Waals surface area contributed by atoms with Gasteiger partial charge in [-0.2, -0.15) is 0 Å². The number of aromatic nitrogens is 2. The van der Waals surface area contributed by atoms with Crippen LogP contribution in [0.5, 0.6) is 0 Å². The maximum Gasteiger partial charge on any atom is 0.338 e. The quantitative estimate of drug-likeness (QED) is 0.598. The zero-order valence-electron chi connectivity index (χ0n) is 14.7. The van der Waals surface area contributed by atoms with Crippen molar-refractivity contribution in [3.05, 3.63) is 66.1 Å². The van der Waals surface area contributed by atoms with Gasteiger partial charge in [-0.1, -0.05) is 24.3 Å². The van der Waals surface area contributed by atoms with Crippen molar-refractivity contribution in [1.82, 2.24) is 14.5 Å². The van der Waals surface area contributed by atoms with Gasteiger partial charge in [0.15, 0.2) is 6.61 Å². The molecule has 0 bridgehead atoms. The minimum atomic E-state index is -3.64. The molecule has 0 aliphatic heterocycles. The second kappa shape index (κ2) is 7.68. The molecule has 1 heterocycles. The van der Waals surface area contributed by atoms with Crippen LogP contribution in [0.2, 0.25) is 0 Å². The third-order valence-electron chi connectivity index (χ3n) is 3.66. The summed E-state index contributed by atoms with van der Waals surface area (Å²) >= 11 is 0. The number of esters is 1. The lowest BCUT2D eigenvalue weighted by molar-refractivity contribution is 0.0438. The van der Waals surface area contributed by atoms with E-state index < -0.39 is 16.0 Å². The van der Waals surface area contributed by atoms with Gasteiger partial charge in [0.1, 0.15) is 0 Å². The molecule has 0 spiro atoms. The lowest BCUT2D eigenvalue weighted by Gasteiger charge is -2.11. The maximum absolute atomic E-state index is 12.2. The molecule has 0 amide bonds. The van der Waals surface area contributed by atoms with Gasteiger partial charge in [0.25, 0.3) is 5.89 Å². The molecular weight excluding hydrogens is 370 g/mol. The van der Waals surface area contributed by atoms with Crippen molar-refractivity contribution in [3.8, 4) is 11.5 Å². The Morgan fingerprint density at radius 2 is 1.81 bits per heavy atom. The fourth-order valence-corrected chi connectivity index (χ4v) is 3.16. The van der Waals surface area contributed by atoms with Gasteiger partial charge in [-0.15, -0.1) is 10.2 Å². The zero-order valence-corrected chi connectivity index (χ0v) is 15.5. The van der Waals surface area contributed by atoms with E-state index in [4.69, 9.17) is 9.15 Å². The molecule has 0 aliphatic rings. The number of carbonyl (C=O) groups excluding carboxylic acids is 1. The van der Waals surface area contributed by atoms with Gasteiger partial charge in [0, 0.05) is 19.7 Å². The van der Waals surface area contributed by atoms with E-state index in [2.05, 4.69) is 10.2 Å². The molecule has 0 fully saturated rings. The second-order valence-corrected chi connectivity index (χ2v) is 7.91. The number of carbonyl (C=O) groups is 1. The molecule has 0 N–H and O–H groups in total.